The Labute approximate surface area is 219 Å². The van der Waals surface area contributed by atoms with Crippen molar-refractivity contribution in [1.29, 1.82) is 0 Å². The van der Waals surface area contributed by atoms with Crippen LogP contribution in [0.3, 0.4) is 0 Å². The number of nitrogens with one attached hydrogen (secondary N) is 2. The lowest BCUT2D eigenvalue weighted by Crippen LogP contribution is -2.44. The number of halogens is 2. The van der Waals surface area contributed by atoms with Crippen molar-refractivity contribution in [2.24, 2.45) is 0 Å². The van der Waals surface area contributed by atoms with Crippen LogP contribution in [0.4, 0.5) is 19.3 Å². The number of rotatable bonds is 10. The SMILES string of the molecule is CCOC(=O)Nc1cccc(Cn2nc(-c3cc(F)c(OCCCN4CCNCC4)c(F)c3)ccc2=O)c1. The third-order valence-corrected chi connectivity index (χ3v) is 6.02. The van der Waals surface area contributed by atoms with E-state index in [1.54, 1.807) is 31.2 Å². The zero-order valence-corrected chi connectivity index (χ0v) is 21.2. The molecule has 1 aromatic heterocycles. The molecule has 9 nitrogen and oxygen atoms in total. The Bertz CT molecular complexity index is 1290. The van der Waals surface area contributed by atoms with Gasteiger partial charge in [-0.2, -0.15) is 5.10 Å². The molecule has 2 N–H and O–H groups in total. The number of piperazine rings is 1. The minimum absolute atomic E-state index is 0.0876. The quantitative estimate of drug-likeness (QED) is 0.390. The molecule has 1 aliphatic rings. The standard InChI is InChI=1S/C27H31F2N5O4/c1-2-37-27(36)31-21-6-3-5-19(15-21)18-34-25(35)8-7-24(32-34)20-16-22(28)26(23(29)17-20)38-14-4-11-33-12-9-30-10-13-33/h3,5-8,15-17,30H,2,4,9-14,18H2,1H3,(H,31,36). The van der Waals surface area contributed by atoms with Gasteiger partial charge >= 0.3 is 6.09 Å². The summed E-state index contributed by atoms with van der Waals surface area (Å²) in [5.74, 6) is -2.09. The van der Waals surface area contributed by atoms with Crippen LogP contribution in [0.2, 0.25) is 0 Å². The Balaban J connectivity index is 1.43. The summed E-state index contributed by atoms with van der Waals surface area (Å²) >= 11 is 0. The van der Waals surface area contributed by atoms with Crippen molar-refractivity contribution in [3.05, 3.63) is 76.1 Å². The van der Waals surface area contributed by atoms with Crippen LogP contribution in [0.15, 0.2) is 53.3 Å². The average Bonchev–Trinajstić information content (AvgIpc) is 2.90. The van der Waals surface area contributed by atoms with E-state index in [1.807, 2.05) is 0 Å². The molecular formula is C27H31F2N5O4. The first-order valence-electron chi connectivity index (χ1n) is 12.6. The van der Waals surface area contributed by atoms with E-state index in [-0.39, 0.29) is 36.6 Å². The smallest absolute Gasteiger partial charge is 0.411 e. The van der Waals surface area contributed by atoms with Crippen molar-refractivity contribution in [3.63, 3.8) is 0 Å². The van der Waals surface area contributed by atoms with E-state index in [1.165, 1.54) is 16.8 Å². The molecule has 0 bridgehead atoms. The number of ether oxygens (including phenoxy) is 2. The number of amides is 1. The molecule has 2 heterocycles. The lowest BCUT2D eigenvalue weighted by Gasteiger charge is -2.27. The van der Waals surface area contributed by atoms with Crippen LogP contribution in [0.25, 0.3) is 11.3 Å². The Morgan fingerprint density at radius 1 is 1.11 bits per heavy atom. The average molecular weight is 528 g/mol. The number of nitrogens with zero attached hydrogens (tertiary/aromatic N) is 3. The lowest BCUT2D eigenvalue weighted by atomic mass is 10.1. The summed E-state index contributed by atoms with van der Waals surface area (Å²) < 4.78 is 41.1. The highest BCUT2D eigenvalue weighted by molar-refractivity contribution is 5.84. The molecule has 0 aliphatic carbocycles. The van der Waals surface area contributed by atoms with Crippen molar-refractivity contribution >= 4 is 11.8 Å². The molecule has 0 saturated carbocycles. The molecule has 1 saturated heterocycles. The number of anilines is 1. The van der Waals surface area contributed by atoms with Gasteiger partial charge in [0.25, 0.3) is 5.56 Å². The fourth-order valence-electron chi connectivity index (χ4n) is 4.16. The van der Waals surface area contributed by atoms with Crippen LogP contribution in [0.5, 0.6) is 5.75 Å². The van der Waals surface area contributed by atoms with Crippen LogP contribution in [-0.4, -0.2) is 66.7 Å². The molecule has 0 unspecified atom stereocenters. The first-order valence-corrected chi connectivity index (χ1v) is 12.6. The molecule has 0 atom stereocenters. The number of carbonyl (C=O) groups is 1. The predicted molar refractivity (Wildman–Crippen MR) is 139 cm³/mol. The number of carbonyl (C=O) groups excluding carboxylic acids is 1. The first kappa shape index (κ1) is 27.2. The molecule has 1 fully saturated rings. The maximum absolute atomic E-state index is 14.8. The van der Waals surface area contributed by atoms with Crippen molar-refractivity contribution in [1.82, 2.24) is 20.0 Å². The van der Waals surface area contributed by atoms with Crippen LogP contribution >= 0.6 is 0 Å². The summed E-state index contributed by atoms with van der Waals surface area (Å²) in [5, 5.41) is 10.2. The van der Waals surface area contributed by atoms with Crippen LogP contribution in [0, 0.1) is 11.6 Å². The van der Waals surface area contributed by atoms with Gasteiger partial charge in [-0.25, -0.2) is 18.3 Å². The molecule has 11 heteroatoms. The van der Waals surface area contributed by atoms with E-state index in [0.29, 0.717) is 17.7 Å². The van der Waals surface area contributed by atoms with Gasteiger partial charge in [-0.3, -0.25) is 10.1 Å². The van der Waals surface area contributed by atoms with E-state index >= 15 is 0 Å². The molecule has 0 radical (unpaired) electrons. The second kappa shape index (κ2) is 13.1. The highest BCUT2D eigenvalue weighted by Crippen LogP contribution is 2.28. The Morgan fingerprint density at radius 2 is 1.87 bits per heavy atom. The van der Waals surface area contributed by atoms with Gasteiger partial charge in [0.15, 0.2) is 17.4 Å². The van der Waals surface area contributed by atoms with E-state index < -0.39 is 23.5 Å². The van der Waals surface area contributed by atoms with E-state index in [9.17, 15) is 18.4 Å². The maximum atomic E-state index is 14.8. The van der Waals surface area contributed by atoms with Crippen LogP contribution in [-0.2, 0) is 11.3 Å². The number of hydrogen-bond donors (Lipinski definition) is 2. The third-order valence-electron chi connectivity index (χ3n) is 6.02. The molecule has 1 aliphatic heterocycles. The van der Waals surface area contributed by atoms with Gasteiger partial charge in [-0.15, -0.1) is 0 Å². The van der Waals surface area contributed by atoms with E-state index in [2.05, 4.69) is 20.6 Å². The predicted octanol–water partition coefficient (Wildman–Crippen LogP) is 3.48. The summed E-state index contributed by atoms with van der Waals surface area (Å²) in [6.45, 7) is 6.80. The van der Waals surface area contributed by atoms with Gasteiger partial charge in [0.2, 0.25) is 0 Å². The molecule has 3 aromatic rings. The zero-order chi connectivity index (χ0) is 26.9. The van der Waals surface area contributed by atoms with Gasteiger partial charge in [-0.1, -0.05) is 12.1 Å². The van der Waals surface area contributed by atoms with Gasteiger partial charge in [0.05, 0.1) is 25.5 Å². The second-order valence-corrected chi connectivity index (χ2v) is 8.82. The summed E-state index contributed by atoms with van der Waals surface area (Å²) in [7, 11) is 0. The Kier molecular flexibility index (Phi) is 9.39. The highest BCUT2D eigenvalue weighted by Gasteiger charge is 2.16. The zero-order valence-electron chi connectivity index (χ0n) is 21.2. The van der Waals surface area contributed by atoms with Crippen molar-refractivity contribution < 1.29 is 23.0 Å². The number of hydrogen-bond acceptors (Lipinski definition) is 7. The summed E-state index contributed by atoms with van der Waals surface area (Å²) in [4.78, 5) is 26.4. The molecule has 202 valence electrons. The Morgan fingerprint density at radius 3 is 2.61 bits per heavy atom. The lowest BCUT2D eigenvalue weighted by molar-refractivity contribution is 0.168. The third kappa shape index (κ3) is 7.36. The second-order valence-electron chi connectivity index (χ2n) is 8.82. The van der Waals surface area contributed by atoms with Crippen molar-refractivity contribution in [3.8, 4) is 17.0 Å². The van der Waals surface area contributed by atoms with Crippen molar-refractivity contribution in [2.75, 3.05) is 51.3 Å². The number of benzene rings is 2. The molecule has 38 heavy (non-hydrogen) atoms. The molecule has 0 spiro atoms. The first-order chi connectivity index (χ1) is 18.4. The molecular weight excluding hydrogens is 496 g/mol. The molecule has 1 amide bonds. The van der Waals surface area contributed by atoms with Crippen LogP contribution < -0.4 is 20.9 Å². The number of aromatic nitrogens is 2. The van der Waals surface area contributed by atoms with Crippen molar-refractivity contribution in [2.45, 2.75) is 19.9 Å². The Hall–Kier alpha value is -3.83. The van der Waals surface area contributed by atoms with Crippen LogP contribution in [0.1, 0.15) is 18.9 Å². The molecule has 4 rings (SSSR count). The fourth-order valence-corrected chi connectivity index (χ4v) is 4.16. The minimum atomic E-state index is -0.834. The monoisotopic (exact) mass is 527 g/mol. The van der Waals surface area contributed by atoms with E-state index in [4.69, 9.17) is 9.47 Å². The summed E-state index contributed by atoms with van der Waals surface area (Å²) in [6.07, 6.45) is 0.0712. The topological polar surface area (TPSA) is 97.7 Å². The van der Waals surface area contributed by atoms with Gasteiger partial charge in [-0.05, 0) is 49.2 Å². The summed E-state index contributed by atoms with van der Waals surface area (Å²) in [6, 6.07) is 11.9. The minimum Gasteiger partial charge on any atom is -0.488 e. The fraction of sp³-hybridized carbons (Fsp3) is 0.370. The normalized spacial score (nSPS) is 13.8. The largest absolute Gasteiger partial charge is 0.488 e. The maximum Gasteiger partial charge on any atom is 0.411 e. The van der Waals surface area contributed by atoms with Gasteiger partial charge in [0.1, 0.15) is 0 Å². The highest BCUT2D eigenvalue weighted by atomic mass is 19.1. The summed E-state index contributed by atoms with van der Waals surface area (Å²) in [5.41, 5.74) is 1.21. The van der Waals surface area contributed by atoms with Gasteiger partial charge in [0, 0.05) is 50.0 Å². The molecule has 2 aromatic carbocycles. The van der Waals surface area contributed by atoms with Gasteiger partial charge < -0.3 is 19.7 Å². The van der Waals surface area contributed by atoms with E-state index in [0.717, 1.165) is 44.9 Å².